The number of hydrogen-bond donors (Lipinski definition) is 2. The number of methoxy groups -OCH3 is 1. The highest BCUT2D eigenvalue weighted by Crippen LogP contribution is 2.32. The van der Waals surface area contributed by atoms with E-state index in [0.717, 1.165) is 30.4 Å². The Balaban J connectivity index is 0.00000264. The van der Waals surface area contributed by atoms with Crippen LogP contribution >= 0.6 is 24.0 Å². The highest BCUT2D eigenvalue weighted by Gasteiger charge is 2.12. The average Bonchev–Trinajstić information content (AvgIpc) is 2.95. The van der Waals surface area contributed by atoms with Gasteiger partial charge in [-0.2, -0.15) is 0 Å². The van der Waals surface area contributed by atoms with E-state index in [4.69, 9.17) is 14.2 Å². The molecule has 2 rings (SSSR count). The fourth-order valence-electron chi connectivity index (χ4n) is 2.24. The van der Waals surface area contributed by atoms with Gasteiger partial charge >= 0.3 is 0 Å². The number of nitrogens with zero attached hydrogens (tertiary/aromatic N) is 1. The van der Waals surface area contributed by atoms with Gasteiger partial charge in [0, 0.05) is 26.2 Å². The van der Waals surface area contributed by atoms with Crippen LogP contribution in [0.5, 0.6) is 11.5 Å². The molecule has 0 aromatic heterocycles. The highest BCUT2D eigenvalue weighted by atomic mass is 127. The molecule has 1 aromatic rings. The fraction of sp³-hybridized carbons (Fsp3) is 0.562. The lowest BCUT2D eigenvalue weighted by molar-refractivity contribution is 0.174. The van der Waals surface area contributed by atoms with E-state index < -0.39 is 0 Å². The van der Waals surface area contributed by atoms with Crippen LogP contribution in [0.15, 0.2) is 23.2 Å². The smallest absolute Gasteiger partial charge is 0.231 e. The van der Waals surface area contributed by atoms with Crippen LogP contribution in [-0.4, -0.2) is 45.6 Å². The first-order valence-electron chi connectivity index (χ1n) is 7.65. The predicted molar refractivity (Wildman–Crippen MR) is 102 cm³/mol. The molecular formula is C16H26IN3O3. The molecule has 1 aromatic carbocycles. The third-order valence-electron chi connectivity index (χ3n) is 3.25. The molecule has 1 aliphatic rings. The quantitative estimate of drug-likeness (QED) is 0.391. The molecule has 1 atom stereocenters. The number of benzene rings is 1. The Morgan fingerprint density at radius 3 is 2.87 bits per heavy atom. The van der Waals surface area contributed by atoms with Crippen molar-refractivity contribution in [1.82, 2.24) is 10.6 Å². The van der Waals surface area contributed by atoms with Crippen molar-refractivity contribution in [2.45, 2.75) is 26.3 Å². The highest BCUT2D eigenvalue weighted by molar-refractivity contribution is 14.0. The van der Waals surface area contributed by atoms with Gasteiger partial charge in [0.25, 0.3) is 0 Å². The summed E-state index contributed by atoms with van der Waals surface area (Å²) in [5, 5.41) is 6.55. The van der Waals surface area contributed by atoms with Crippen LogP contribution in [0.2, 0.25) is 0 Å². The number of hydrogen-bond acceptors (Lipinski definition) is 4. The van der Waals surface area contributed by atoms with E-state index in [-0.39, 0.29) is 30.0 Å². The summed E-state index contributed by atoms with van der Waals surface area (Å²) in [6.07, 6.45) is 0.853. The van der Waals surface area contributed by atoms with Crippen molar-refractivity contribution in [2.75, 3.05) is 33.6 Å². The van der Waals surface area contributed by atoms with Crippen molar-refractivity contribution in [2.24, 2.45) is 4.99 Å². The monoisotopic (exact) mass is 435 g/mol. The van der Waals surface area contributed by atoms with Crippen LogP contribution in [0.25, 0.3) is 0 Å². The van der Waals surface area contributed by atoms with Crippen molar-refractivity contribution in [3.63, 3.8) is 0 Å². The number of halogens is 1. The average molecular weight is 435 g/mol. The summed E-state index contributed by atoms with van der Waals surface area (Å²) < 4.78 is 15.8. The number of ether oxygens (including phenoxy) is 3. The van der Waals surface area contributed by atoms with Crippen molar-refractivity contribution in [1.29, 1.82) is 0 Å². The molecule has 0 radical (unpaired) electrons. The zero-order valence-corrected chi connectivity index (χ0v) is 16.3. The molecule has 23 heavy (non-hydrogen) atoms. The Morgan fingerprint density at radius 2 is 2.13 bits per heavy atom. The maximum atomic E-state index is 5.39. The van der Waals surface area contributed by atoms with E-state index >= 15 is 0 Å². The topological polar surface area (TPSA) is 64.1 Å². The Kier molecular flexibility index (Phi) is 9.08. The number of fused-ring (bicyclic) bond motifs is 1. The molecule has 0 fully saturated rings. The molecule has 0 saturated heterocycles. The van der Waals surface area contributed by atoms with Crippen molar-refractivity contribution < 1.29 is 14.2 Å². The maximum Gasteiger partial charge on any atom is 0.231 e. The van der Waals surface area contributed by atoms with Crippen LogP contribution < -0.4 is 20.1 Å². The summed E-state index contributed by atoms with van der Waals surface area (Å²) in [6, 6.07) is 6.24. The standard InChI is InChI=1S/C16H25N3O3.HI/c1-4-17-16(19-12(2)10-20-3)18-8-7-13-5-6-14-15(9-13)22-11-21-14;/h5-6,9,12H,4,7-8,10-11H2,1-3H3,(H2,17,18,19);1H. The van der Waals surface area contributed by atoms with Crippen molar-refractivity contribution >= 4 is 29.9 Å². The summed E-state index contributed by atoms with van der Waals surface area (Å²) in [6.45, 7) is 6.60. The Bertz CT molecular complexity index is 511. The van der Waals surface area contributed by atoms with Crippen LogP contribution in [0, 0.1) is 0 Å². The molecule has 1 unspecified atom stereocenters. The molecule has 0 saturated carbocycles. The lowest BCUT2D eigenvalue weighted by Gasteiger charge is -2.16. The molecule has 0 aliphatic carbocycles. The first-order valence-corrected chi connectivity index (χ1v) is 7.65. The molecular weight excluding hydrogens is 409 g/mol. The van der Waals surface area contributed by atoms with Crippen LogP contribution in [-0.2, 0) is 11.2 Å². The second-order valence-corrected chi connectivity index (χ2v) is 5.20. The van der Waals surface area contributed by atoms with Gasteiger partial charge in [0.15, 0.2) is 17.5 Å². The van der Waals surface area contributed by atoms with Crippen LogP contribution in [0.3, 0.4) is 0 Å². The number of guanidine groups is 1. The van der Waals surface area contributed by atoms with E-state index in [1.165, 1.54) is 5.56 Å². The third kappa shape index (κ3) is 6.42. The van der Waals surface area contributed by atoms with Gasteiger partial charge < -0.3 is 24.8 Å². The van der Waals surface area contributed by atoms with Gasteiger partial charge in [0.2, 0.25) is 6.79 Å². The SMILES string of the molecule is CCNC(=NCCc1ccc2c(c1)OCO2)NC(C)COC.I. The molecule has 7 heteroatoms. The molecule has 6 nitrogen and oxygen atoms in total. The van der Waals surface area contributed by atoms with E-state index in [1.54, 1.807) is 7.11 Å². The summed E-state index contributed by atoms with van der Waals surface area (Å²) in [4.78, 5) is 4.59. The Hall–Kier alpha value is -1.22. The molecule has 1 heterocycles. The van der Waals surface area contributed by atoms with Crippen molar-refractivity contribution in [3.05, 3.63) is 23.8 Å². The van der Waals surface area contributed by atoms with Gasteiger partial charge in [-0.1, -0.05) is 6.07 Å². The zero-order valence-electron chi connectivity index (χ0n) is 13.9. The zero-order chi connectivity index (χ0) is 15.8. The van der Waals surface area contributed by atoms with Crippen LogP contribution in [0.1, 0.15) is 19.4 Å². The molecule has 0 spiro atoms. The summed E-state index contributed by atoms with van der Waals surface area (Å²) in [7, 11) is 1.70. The number of rotatable bonds is 7. The van der Waals surface area contributed by atoms with Gasteiger partial charge in [0.05, 0.1) is 6.61 Å². The molecule has 0 bridgehead atoms. The normalized spacial score (nSPS) is 14.1. The van der Waals surface area contributed by atoms with E-state index in [0.29, 0.717) is 19.9 Å². The van der Waals surface area contributed by atoms with Crippen LogP contribution in [0.4, 0.5) is 0 Å². The van der Waals surface area contributed by atoms with Gasteiger partial charge in [0.1, 0.15) is 0 Å². The predicted octanol–water partition coefficient (Wildman–Crippen LogP) is 2.17. The minimum atomic E-state index is 0. The molecule has 0 amide bonds. The minimum Gasteiger partial charge on any atom is -0.454 e. The molecule has 130 valence electrons. The Morgan fingerprint density at radius 1 is 1.35 bits per heavy atom. The number of nitrogens with one attached hydrogen (secondary N) is 2. The molecule has 1 aliphatic heterocycles. The fourth-order valence-corrected chi connectivity index (χ4v) is 2.24. The maximum absolute atomic E-state index is 5.39. The lowest BCUT2D eigenvalue weighted by atomic mass is 10.1. The largest absolute Gasteiger partial charge is 0.454 e. The first kappa shape index (κ1) is 19.8. The van der Waals surface area contributed by atoms with Crippen molar-refractivity contribution in [3.8, 4) is 11.5 Å². The first-order chi connectivity index (χ1) is 10.7. The number of aliphatic imine (C=N–C) groups is 1. The Labute approximate surface area is 155 Å². The second-order valence-electron chi connectivity index (χ2n) is 5.20. The summed E-state index contributed by atoms with van der Waals surface area (Å²) in [5.74, 6) is 2.45. The summed E-state index contributed by atoms with van der Waals surface area (Å²) >= 11 is 0. The second kappa shape index (κ2) is 10.5. The third-order valence-corrected chi connectivity index (χ3v) is 3.25. The minimum absolute atomic E-state index is 0. The van der Waals surface area contributed by atoms with Gasteiger partial charge in [-0.25, -0.2) is 0 Å². The van der Waals surface area contributed by atoms with E-state index in [2.05, 4.69) is 35.5 Å². The van der Waals surface area contributed by atoms with E-state index in [1.807, 2.05) is 12.1 Å². The van der Waals surface area contributed by atoms with Gasteiger partial charge in [-0.3, -0.25) is 4.99 Å². The van der Waals surface area contributed by atoms with Gasteiger partial charge in [-0.15, -0.1) is 24.0 Å². The lowest BCUT2D eigenvalue weighted by Crippen LogP contribution is -2.44. The van der Waals surface area contributed by atoms with Gasteiger partial charge in [-0.05, 0) is 38.0 Å². The summed E-state index contributed by atoms with van der Waals surface area (Å²) in [5.41, 5.74) is 1.19. The molecule has 2 N–H and O–H groups in total. The van der Waals surface area contributed by atoms with E-state index in [9.17, 15) is 0 Å².